The fraction of sp³-hybridized carbons (Fsp3) is 0.389. The molecule has 0 amide bonds. The molecule has 1 unspecified atom stereocenters. The quantitative estimate of drug-likeness (QED) is 0.619. The summed E-state index contributed by atoms with van der Waals surface area (Å²) in [6.07, 6.45) is 2.49. The summed E-state index contributed by atoms with van der Waals surface area (Å²) in [5.41, 5.74) is 0. The number of rotatable bonds is 9. The molecule has 2 rings (SSSR count). The first-order valence-corrected chi connectivity index (χ1v) is 11.0. The van der Waals surface area contributed by atoms with Crippen LogP contribution < -0.4 is 4.72 Å². The molecule has 1 N–H and O–H groups in total. The van der Waals surface area contributed by atoms with Gasteiger partial charge >= 0.3 is 5.97 Å². The average molecular weight is 416 g/mol. The number of carbonyl (C=O) groups is 1. The van der Waals surface area contributed by atoms with Gasteiger partial charge in [-0.25, -0.2) is 13.1 Å². The van der Waals surface area contributed by atoms with Crippen LogP contribution in [0.3, 0.4) is 0 Å². The summed E-state index contributed by atoms with van der Waals surface area (Å²) in [5.74, 6) is -0.219. The third-order valence-corrected chi connectivity index (χ3v) is 6.89. The fourth-order valence-electron chi connectivity index (χ4n) is 2.44. The number of ether oxygens (including phenoxy) is 1. The Morgan fingerprint density at radius 1 is 1.23 bits per heavy atom. The second-order valence-electron chi connectivity index (χ2n) is 5.77. The molecule has 1 aromatic carbocycles. The first-order chi connectivity index (χ1) is 12.4. The maximum Gasteiger partial charge on any atom is 0.305 e. The van der Waals surface area contributed by atoms with Crippen LogP contribution in [-0.4, -0.2) is 21.5 Å². The maximum absolute atomic E-state index is 12.6. The standard InChI is InChI=1S/C18H22ClNO4S2/c1-3-16(20-26(22,23)15-10-7-13(19)8-11-15)17-12-9-14(25-17)5-4-6-18(21)24-2/h7-12,16,20H,3-6H2,1-2H3. The number of hydrogen-bond acceptors (Lipinski definition) is 5. The molecule has 1 aromatic heterocycles. The summed E-state index contributed by atoms with van der Waals surface area (Å²) in [6.45, 7) is 1.94. The van der Waals surface area contributed by atoms with Gasteiger partial charge in [-0.1, -0.05) is 18.5 Å². The van der Waals surface area contributed by atoms with Crippen LogP contribution >= 0.6 is 22.9 Å². The predicted octanol–water partition coefficient (Wildman–Crippen LogP) is 4.33. The van der Waals surface area contributed by atoms with Crippen molar-refractivity contribution in [2.75, 3.05) is 7.11 Å². The molecule has 0 saturated carbocycles. The topological polar surface area (TPSA) is 72.5 Å². The van der Waals surface area contributed by atoms with Crippen LogP contribution in [0, 0.1) is 0 Å². The smallest absolute Gasteiger partial charge is 0.305 e. The molecule has 0 fully saturated rings. The van der Waals surface area contributed by atoms with Gasteiger partial charge in [-0.05, 0) is 55.7 Å². The zero-order chi connectivity index (χ0) is 19.2. The van der Waals surface area contributed by atoms with Crippen molar-refractivity contribution in [3.8, 4) is 0 Å². The van der Waals surface area contributed by atoms with E-state index in [4.69, 9.17) is 11.6 Å². The van der Waals surface area contributed by atoms with Crippen molar-refractivity contribution in [3.05, 3.63) is 51.2 Å². The van der Waals surface area contributed by atoms with E-state index in [0.29, 0.717) is 24.3 Å². The second kappa shape index (κ2) is 9.50. The van der Waals surface area contributed by atoms with Crippen molar-refractivity contribution in [1.29, 1.82) is 0 Å². The van der Waals surface area contributed by atoms with E-state index in [2.05, 4.69) is 9.46 Å². The van der Waals surface area contributed by atoms with Gasteiger partial charge in [0.25, 0.3) is 0 Å². The predicted molar refractivity (Wildman–Crippen MR) is 104 cm³/mol. The van der Waals surface area contributed by atoms with Gasteiger partial charge in [-0.2, -0.15) is 0 Å². The lowest BCUT2D eigenvalue weighted by molar-refractivity contribution is -0.140. The molecule has 0 aliphatic heterocycles. The number of benzene rings is 1. The Balaban J connectivity index is 2.04. The minimum Gasteiger partial charge on any atom is -0.469 e. The van der Waals surface area contributed by atoms with Gasteiger partial charge in [-0.3, -0.25) is 4.79 Å². The van der Waals surface area contributed by atoms with E-state index in [1.54, 1.807) is 23.5 Å². The summed E-state index contributed by atoms with van der Waals surface area (Å²) >= 11 is 7.38. The highest BCUT2D eigenvalue weighted by atomic mass is 35.5. The van der Waals surface area contributed by atoms with Gasteiger partial charge in [0, 0.05) is 21.2 Å². The Morgan fingerprint density at radius 3 is 2.54 bits per heavy atom. The van der Waals surface area contributed by atoms with E-state index < -0.39 is 10.0 Å². The van der Waals surface area contributed by atoms with Gasteiger partial charge in [-0.15, -0.1) is 11.3 Å². The highest BCUT2D eigenvalue weighted by Crippen LogP contribution is 2.28. The van der Waals surface area contributed by atoms with Crippen molar-refractivity contribution in [1.82, 2.24) is 4.72 Å². The molecule has 2 aromatic rings. The molecule has 1 heterocycles. The van der Waals surface area contributed by atoms with Crippen molar-refractivity contribution < 1.29 is 17.9 Å². The van der Waals surface area contributed by atoms with Crippen LogP contribution in [0.25, 0.3) is 0 Å². The molecule has 5 nitrogen and oxygen atoms in total. The summed E-state index contributed by atoms with van der Waals surface area (Å²) in [5, 5.41) is 0.492. The second-order valence-corrected chi connectivity index (χ2v) is 9.12. The molecule has 0 saturated heterocycles. The summed E-state index contributed by atoms with van der Waals surface area (Å²) < 4.78 is 32.5. The van der Waals surface area contributed by atoms with Crippen LogP contribution in [0.1, 0.15) is 42.0 Å². The molecular weight excluding hydrogens is 394 g/mol. The van der Waals surface area contributed by atoms with Crippen molar-refractivity contribution in [2.24, 2.45) is 0 Å². The Labute approximate surface area is 163 Å². The third kappa shape index (κ3) is 5.81. The number of aryl methyl sites for hydroxylation is 1. The van der Waals surface area contributed by atoms with Crippen LogP contribution in [-0.2, 0) is 26.0 Å². The van der Waals surface area contributed by atoms with Gasteiger partial charge in [0.15, 0.2) is 0 Å². The minimum absolute atomic E-state index is 0.190. The number of esters is 1. The first-order valence-electron chi connectivity index (χ1n) is 8.29. The highest BCUT2D eigenvalue weighted by molar-refractivity contribution is 7.89. The molecule has 8 heteroatoms. The number of nitrogens with one attached hydrogen (secondary N) is 1. The summed E-state index contributed by atoms with van der Waals surface area (Å²) in [7, 11) is -2.24. The molecule has 0 aliphatic carbocycles. The van der Waals surface area contributed by atoms with E-state index >= 15 is 0 Å². The Kier molecular flexibility index (Phi) is 7.64. The minimum atomic E-state index is -3.62. The monoisotopic (exact) mass is 415 g/mol. The maximum atomic E-state index is 12.6. The molecule has 0 aliphatic rings. The number of thiophene rings is 1. The number of sulfonamides is 1. The van der Waals surface area contributed by atoms with Gasteiger partial charge in [0.1, 0.15) is 0 Å². The van der Waals surface area contributed by atoms with Gasteiger partial charge in [0.05, 0.1) is 18.0 Å². The van der Waals surface area contributed by atoms with E-state index in [9.17, 15) is 13.2 Å². The van der Waals surface area contributed by atoms with Crippen molar-refractivity contribution in [3.63, 3.8) is 0 Å². The number of halogens is 1. The number of carbonyl (C=O) groups excluding carboxylic acids is 1. The fourth-order valence-corrected chi connectivity index (χ4v) is 5.13. The lowest BCUT2D eigenvalue weighted by atomic mass is 10.2. The highest BCUT2D eigenvalue weighted by Gasteiger charge is 2.21. The first kappa shape index (κ1) is 20.9. The van der Waals surface area contributed by atoms with E-state index in [1.807, 2.05) is 19.1 Å². The normalized spacial score (nSPS) is 12.7. The molecular formula is C18H22ClNO4S2. The molecule has 142 valence electrons. The Morgan fingerprint density at radius 2 is 1.92 bits per heavy atom. The molecule has 0 bridgehead atoms. The number of methoxy groups -OCH3 is 1. The van der Waals surface area contributed by atoms with Crippen LogP contribution in [0.4, 0.5) is 0 Å². The summed E-state index contributed by atoms with van der Waals surface area (Å²) in [4.78, 5) is 13.4. The van der Waals surface area contributed by atoms with Crippen LogP contribution in [0.2, 0.25) is 5.02 Å². The lowest BCUT2D eigenvalue weighted by Crippen LogP contribution is -2.27. The Hall–Kier alpha value is -1.41. The van der Waals surface area contributed by atoms with Crippen molar-refractivity contribution >= 4 is 38.9 Å². The average Bonchev–Trinajstić information content (AvgIpc) is 3.08. The van der Waals surface area contributed by atoms with Gasteiger partial charge < -0.3 is 4.74 Å². The molecule has 0 radical (unpaired) electrons. The third-order valence-electron chi connectivity index (χ3n) is 3.89. The number of hydrogen-bond donors (Lipinski definition) is 1. The zero-order valence-electron chi connectivity index (χ0n) is 14.7. The van der Waals surface area contributed by atoms with Crippen LogP contribution in [0.5, 0.6) is 0 Å². The Bertz CT molecular complexity index is 831. The molecule has 26 heavy (non-hydrogen) atoms. The lowest BCUT2D eigenvalue weighted by Gasteiger charge is -2.16. The van der Waals surface area contributed by atoms with E-state index in [-0.39, 0.29) is 16.9 Å². The SMILES string of the molecule is CCC(NS(=O)(=O)c1ccc(Cl)cc1)c1ccc(CCCC(=O)OC)s1. The van der Waals surface area contributed by atoms with E-state index in [0.717, 1.165) is 16.2 Å². The van der Waals surface area contributed by atoms with Crippen LogP contribution in [0.15, 0.2) is 41.3 Å². The zero-order valence-corrected chi connectivity index (χ0v) is 17.1. The molecule has 0 spiro atoms. The van der Waals surface area contributed by atoms with Crippen molar-refractivity contribution in [2.45, 2.75) is 43.5 Å². The van der Waals surface area contributed by atoms with E-state index in [1.165, 1.54) is 19.2 Å². The largest absolute Gasteiger partial charge is 0.469 e. The molecule has 1 atom stereocenters. The summed E-state index contributed by atoms with van der Waals surface area (Å²) in [6, 6.07) is 9.72. The van der Waals surface area contributed by atoms with Gasteiger partial charge in [0.2, 0.25) is 10.0 Å².